The molecule has 1 atom stereocenters. The molecule has 0 bridgehead atoms. The van der Waals surface area contributed by atoms with Gasteiger partial charge in [0.1, 0.15) is 5.82 Å². The van der Waals surface area contributed by atoms with Crippen LogP contribution in [0, 0.1) is 5.82 Å². The minimum Gasteiger partial charge on any atom is -0.385 e. The minimum atomic E-state index is -0.221. The lowest BCUT2D eigenvalue weighted by Crippen LogP contribution is -2.52. The van der Waals surface area contributed by atoms with Crippen molar-refractivity contribution in [2.75, 3.05) is 31.7 Å². The van der Waals surface area contributed by atoms with Gasteiger partial charge in [0.15, 0.2) is 0 Å². The second kappa shape index (κ2) is 6.71. The second-order valence-corrected chi connectivity index (χ2v) is 4.66. The summed E-state index contributed by atoms with van der Waals surface area (Å²) in [5, 5.41) is 0. The van der Waals surface area contributed by atoms with Crippen LogP contribution >= 0.6 is 0 Å². The summed E-state index contributed by atoms with van der Waals surface area (Å²) in [7, 11) is 1.69. The lowest BCUT2D eigenvalue weighted by Gasteiger charge is -2.42. The molecule has 1 aromatic carbocycles. The summed E-state index contributed by atoms with van der Waals surface area (Å²) >= 11 is 0. The maximum absolute atomic E-state index is 13.0. The van der Waals surface area contributed by atoms with Crippen LogP contribution < -0.4 is 10.6 Å². The van der Waals surface area contributed by atoms with E-state index in [1.807, 2.05) is 0 Å². The number of ether oxygens (including phenoxy) is 1. The van der Waals surface area contributed by atoms with Gasteiger partial charge in [-0.15, -0.1) is 0 Å². The van der Waals surface area contributed by atoms with E-state index < -0.39 is 0 Å². The van der Waals surface area contributed by atoms with Crippen LogP contribution in [0.1, 0.15) is 20.3 Å². The van der Waals surface area contributed by atoms with Crippen LogP contribution in [0.4, 0.5) is 10.1 Å². The Morgan fingerprint density at radius 3 is 2.39 bits per heavy atom. The summed E-state index contributed by atoms with van der Waals surface area (Å²) in [4.78, 5) is 2.20. The summed E-state index contributed by atoms with van der Waals surface area (Å²) in [5.41, 5.74) is 6.73. The van der Waals surface area contributed by atoms with Crippen molar-refractivity contribution in [1.82, 2.24) is 0 Å². The van der Waals surface area contributed by atoms with Gasteiger partial charge < -0.3 is 15.4 Å². The molecule has 3 nitrogen and oxygen atoms in total. The van der Waals surface area contributed by atoms with Crippen LogP contribution in [0.25, 0.3) is 0 Å². The topological polar surface area (TPSA) is 38.5 Å². The van der Waals surface area contributed by atoms with Gasteiger partial charge in [-0.3, -0.25) is 0 Å². The number of methoxy groups -OCH3 is 1. The van der Waals surface area contributed by atoms with Crippen LogP contribution in [-0.2, 0) is 4.74 Å². The summed E-state index contributed by atoms with van der Waals surface area (Å²) in [5.74, 6) is -0.221. The highest BCUT2D eigenvalue weighted by Crippen LogP contribution is 2.26. The summed E-state index contributed by atoms with van der Waals surface area (Å²) in [6, 6.07) is 6.54. The molecular weight excluding hydrogens is 231 g/mol. The first-order valence-electron chi connectivity index (χ1n) is 6.29. The zero-order valence-corrected chi connectivity index (χ0v) is 11.4. The molecule has 0 aliphatic heterocycles. The average Bonchev–Trinajstić information content (AvgIpc) is 2.39. The summed E-state index contributed by atoms with van der Waals surface area (Å²) in [6.45, 7) is 6.19. The molecular formula is C14H23FN2O. The molecule has 0 aromatic heterocycles. The molecule has 18 heavy (non-hydrogen) atoms. The van der Waals surface area contributed by atoms with Crippen molar-refractivity contribution in [3.63, 3.8) is 0 Å². The van der Waals surface area contributed by atoms with E-state index in [4.69, 9.17) is 10.5 Å². The van der Waals surface area contributed by atoms with Crippen molar-refractivity contribution in [2.24, 2.45) is 5.73 Å². The number of nitrogens with zero attached hydrogens (tertiary/aromatic N) is 1. The standard InChI is InChI=1S/C14H23FN2O/c1-4-17(13-7-5-12(15)6-8-13)14(2,11-16)9-10-18-3/h5-8H,4,9-11,16H2,1-3H3. The van der Waals surface area contributed by atoms with Crippen molar-refractivity contribution in [1.29, 1.82) is 0 Å². The first kappa shape index (κ1) is 14.9. The van der Waals surface area contributed by atoms with E-state index >= 15 is 0 Å². The Bertz CT molecular complexity index is 355. The van der Waals surface area contributed by atoms with E-state index in [9.17, 15) is 4.39 Å². The number of benzene rings is 1. The van der Waals surface area contributed by atoms with Gasteiger partial charge in [0, 0.05) is 32.5 Å². The highest BCUT2D eigenvalue weighted by molar-refractivity contribution is 5.49. The molecule has 0 heterocycles. The Morgan fingerprint density at radius 1 is 1.33 bits per heavy atom. The number of rotatable bonds is 7. The van der Waals surface area contributed by atoms with Gasteiger partial charge in [0.05, 0.1) is 5.54 Å². The normalized spacial score (nSPS) is 14.3. The highest BCUT2D eigenvalue weighted by atomic mass is 19.1. The third-order valence-electron chi connectivity index (χ3n) is 3.39. The molecule has 0 spiro atoms. The molecule has 0 aliphatic carbocycles. The molecule has 1 aromatic rings. The molecule has 0 saturated carbocycles. The molecule has 0 radical (unpaired) electrons. The molecule has 1 unspecified atom stereocenters. The van der Waals surface area contributed by atoms with Crippen molar-refractivity contribution in [2.45, 2.75) is 25.8 Å². The van der Waals surface area contributed by atoms with E-state index in [1.54, 1.807) is 19.2 Å². The van der Waals surface area contributed by atoms with Crippen molar-refractivity contribution < 1.29 is 9.13 Å². The number of anilines is 1. The Labute approximate surface area is 109 Å². The largest absolute Gasteiger partial charge is 0.385 e. The first-order chi connectivity index (χ1) is 8.57. The number of hydrogen-bond donors (Lipinski definition) is 1. The van der Waals surface area contributed by atoms with Crippen LogP contribution in [0.2, 0.25) is 0 Å². The Morgan fingerprint density at radius 2 is 1.94 bits per heavy atom. The Kier molecular flexibility index (Phi) is 5.56. The fraction of sp³-hybridized carbons (Fsp3) is 0.571. The SMILES string of the molecule is CCN(c1ccc(F)cc1)C(C)(CN)CCOC. The predicted molar refractivity (Wildman–Crippen MR) is 73.4 cm³/mol. The van der Waals surface area contributed by atoms with Gasteiger partial charge >= 0.3 is 0 Å². The lowest BCUT2D eigenvalue weighted by atomic mass is 9.95. The lowest BCUT2D eigenvalue weighted by molar-refractivity contribution is 0.170. The van der Waals surface area contributed by atoms with Gasteiger partial charge in [-0.05, 0) is 44.5 Å². The number of hydrogen-bond acceptors (Lipinski definition) is 3. The summed E-state index contributed by atoms with van der Waals surface area (Å²) in [6.07, 6.45) is 0.839. The molecule has 0 aliphatic rings. The Balaban J connectivity index is 2.95. The van der Waals surface area contributed by atoms with Gasteiger partial charge in [0.25, 0.3) is 0 Å². The van der Waals surface area contributed by atoms with Crippen LogP contribution in [0.15, 0.2) is 24.3 Å². The molecule has 4 heteroatoms. The van der Waals surface area contributed by atoms with Crippen molar-refractivity contribution in [3.05, 3.63) is 30.1 Å². The molecule has 2 N–H and O–H groups in total. The van der Waals surface area contributed by atoms with Gasteiger partial charge in [-0.1, -0.05) is 0 Å². The van der Waals surface area contributed by atoms with Crippen molar-refractivity contribution >= 4 is 5.69 Å². The maximum Gasteiger partial charge on any atom is 0.123 e. The molecule has 1 rings (SSSR count). The third-order valence-corrected chi connectivity index (χ3v) is 3.39. The fourth-order valence-corrected chi connectivity index (χ4v) is 2.17. The van der Waals surface area contributed by atoms with E-state index in [0.717, 1.165) is 18.7 Å². The number of nitrogens with two attached hydrogens (primary N) is 1. The number of halogens is 1. The van der Waals surface area contributed by atoms with Gasteiger partial charge in [-0.2, -0.15) is 0 Å². The van der Waals surface area contributed by atoms with E-state index in [0.29, 0.717) is 13.2 Å². The molecule has 0 fully saturated rings. The number of likely N-dealkylation sites (N-methyl/N-ethyl adjacent to an activating group) is 1. The minimum absolute atomic E-state index is 0.178. The van der Waals surface area contributed by atoms with Crippen molar-refractivity contribution in [3.8, 4) is 0 Å². The quantitative estimate of drug-likeness (QED) is 0.812. The molecule has 0 saturated heterocycles. The monoisotopic (exact) mass is 254 g/mol. The van der Waals surface area contributed by atoms with E-state index in [-0.39, 0.29) is 11.4 Å². The highest BCUT2D eigenvalue weighted by Gasteiger charge is 2.29. The van der Waals surface area contributed by atoms with E-state index in [1.165, 1.54) is 12.1 Å². The van der Waals surface area contributed by atoms with E-state index in [2.05, 4.69) is 18.7 Å². The van der Waals surface area contributed by atoms with Crippen LogP contribution in [0.5, 0.6) is 0 Å². The van der Waals surface area contributed by atoms with Gasteiger partial charge in [0.2, 0.25) is 0 Å². The van der Waals surface area contributed by atoms with Crippen LogP contribution in [0.3, 0.4) is 0 Å². The van der Waals surface area contributed by atoms with Crippen LogP contribution in [-0.4, -0.2) is 32.3 Å². The Hall–Kier alpha value is -1.13. The maximum atomic E-state index is 13.0. The average molecular weight is 254 g/mol. The zero-order chi connectivity index (χ0) is 13.6. The third kappa shape index (κ3) is 3.43. The molecule has 0 amide bonds. The van der Waals surface area contributed by atoms with Gasteiger partial charge in [-0.25, -0.2) is 4.39 Å². The first-order valence-corrected chi connectivity index (χ1v) is 6.29. The fourth-order valence-electron chi connectivity index (χ4n) is 2.17. The second-order valence-electron chi connectivity index (χ2n) is 4.66. The zero-order valence-electron chi connectivity index (χ0n) is 11.4. The molecule has 102 valence electrons. The summed E-state index contributed by atoms with van der Waals surface area (Å²) < 4.78 is 18.1. The predicted octanol–water partition coefficient (Wildman–Crippen LogP) is 2.41. The smallest absolute Gasteiger partial charge is 0.123 e.